The molecular weight excluding hydrogens is 324 g/mol. The number of non-ortho nitro benzene ring substituents is 1. The van der Waals surface area contributed by atoms with Gasteiger partial charge in [-0.2, -0.15) is 0 Å². The molecule has 1 aromatic carbocycles. The number of hydrogen-bond donors (Lipinski definition) is 2. The first-order valence-electron chi connectivity index (χ1n) is 8.55. The lowest BCUT2D eigenvalue weighted by Crippen LogP contribution is -2.46. The van der Waals surface area contributed by atoms with Crippen molar-refractivity contribution < 1.29 is 14.5 Å². The van der Waals surface area contributed by atoms with Crippen molar-refractivity contribution in [2.75, 3.05) is 18.4 Å². The molecule has 1 saturated carbocycles. The molecule has 0 spiro atoms. The number of carbonyl (C=O) groups is 2. The molecule has 8 nitrogen and oxygen atoms in total. The molecule has 0 bridgehead atoms. The van der Waals surface area contributed by atoms with E-state index in [-0.39, 0.29) is 23.5 Å². The van der Waals surface area contributed by atoms with Crippen LogP contribution in [0.3, 0.4) is 0 Å². The number of amides is 3. The fourth-order valence-electron chi connectivity index (χ4n) is 2.93. The summed E-state index contributed by atoms with van der Waals surface area (Å²) in [5.74, 6) is -0.338. The second-order valence-electron chi connectivity index (χ2n) is 6.73. The number of urea groups is 1. The van der Waals surface area contributed by atoms with E-state index in [9.17, 15) is 19.7 Å². The van der Waals surface area contributed by atoms with Gasteiger partial charge in [-0.25, -0.2) is 4.79 Å². The number of nitrogens with zero attached hydrogens (tertiary/aromatic N) is 2. The Morgan fingerprint density at radius 2 is 1.88 bits per heavy atom. The van der Waals surface area contributed by atoms with E-state index in [1.54, 1.807) is 17.9 Å². The summed E-state index contributed by atoms with van der Waals surface area (Å²) in [6.07, 6.45) is 3.29. The summed E-state index contributed by atoms with van der Waals surface area (Å²) in [5.41, 5.74) is 1.20. The van der Waals surface area contributed by atoms with E-state index in [0.717, 1.165) is 18.4 Å². The number of rotatable bonds is 4. The fraction of sp³-hybridized carbons (Fsp3) is 0.529. The number of hydrogen-bond acceptors (Lipinski definition) is 4. The number of carbonyl (C=O) groups excluding carboxylic acids is 2. The molecule has 25 heavy (non-hydrogen) atoms. The normalized spacial score (nSPS) is 17.9. The van der Waals surface area contributed by atoms with Gasteiger partial charge in [-0.3, -0.25) is 14.9 Å². The van der Waals surface area contributed by atoms with E-state index in [0.29, 0.717) is 37.7 Å². The molecule has 8 heteroatoms. The maximum absolute atomic E-state index is 12.5. The highest BCUT2D eigenvalue weighted by Crippen LogP contribution is 2.25. The molecule has 1 aliphatic heterocycles. The van der Waals surface area contributed by atoms with Crippen molar-refractivity contribution >= 4 is 23.3 Å². The van der Waals surface area contributed by atoms with Crippen LogP contribution in [0, 0.1) is 23.0 Å². The molecule has 2 fully saturated rings. The van der Waals surface area contributed by atoms with Gasteiger partial charge in [-0.1, -0.05) is 6.07 Å². The van der Waals surface area contributed by atoms with Crippen LogP contribution in [0.15, 0.2) is 18.2 Å². The summed E-state index contributed by atoms with van der Waals surface area (Å²) < 4.78 is 0. The number of likely N-dealkylation sites (tertiary alicyclic amines) is 1. The Balaban J connectivity index is 1.55. The van der Waals surface area contributed by atoms with E-state index in [1.165, 1.54) is 12.1 Å². The number of anilines is 1. The molecule has 1 aliphatic carbocycles. The van der Waals surface area contributed by atoms with Crippen LogP contribution >= 0.6 is 0 Å². The first kappa shape index (κ1) is 17.2. The van der Waals surface area contributed by atoms with Gasteiger partial charge in [0.2, 0.25) is 5.91 Å². The first-order chi connectivity index (χ1) is 11.9. The molecule has 134 valence electrons. The number of nitro benzene ring substituents is 1. The Labute approximate surface area is 145 Å². The maximum Gasteiger partial charge on any atom is 0.317 e. The van der Waals surface area contributed by atoms with E-state index in [2.05, 4.69) is 10.6 Å². The minimum absolute atomic E-state index is 0.0455. The van der Waals surface area contributed by atoms with Crippen LogP contribution in [0.25, 0.3) is 0 Å². The topological polar surface area (TPSA) is 105 Å². The molecule has 0 radical (unpaired) electrons. The highest BCUT2D eigenvalue weighted by atomic mass is 16.6. The van der Waals surface area contributed by atoms with E-state index in [4.69, 9.17) is 0 Å². The quantitative estimate of drug-likeness (QED) is 0.645. The molecule has 1 saturated heterocycles. The predicted octanol–water partition coefficient (Wildman–Crippen LogP) is 2.43. The van der Waals surface area contributed by atoms with E-state index >= 15 is 0 Å². The van der Waals surface area contributed by atoms with Crippen molar-refractivity contribution in [3.05, 3.63) is 33.9 Å². The summed E-state index contributed by atoms with van der Waals surface area (Å²) in [4.78, 5) is 36.6. The van der Waals surface area contributed by atoms with Crippen molar-refractivity contribution in [2.24, 2.45) is 5.92 Å². The molecule has 0 unspecified atom stereocenters. The molecule has 0 atom stereocenters. The number of nitro groups is 1. The third-order valence-electron chi connectivity index (χ3n) is 4.75. The minimum Gasteiger partial charge on any atom is -0.335 e. The van der Waals surface area contributed by atoms with Crippen molar-refractivity contribution in [2.45, 2.75) is 38.6 Å². The molecule has 1 heterocycles. The van der Waals surface area contributed by atoms with Gasteiger partial charge in [-0.05, 0) is 38.2 Å². The summed E-state index contributed by atoms with van der Waals surface area (Å²) >= 11 is 0. The Hall–Kier alpha value is -2.64. The summed E-state index contributed by atoms with van der Waals surface area (Å²) in [6.45, 7) is 2.89. The molecule has 2 N–H and O–H groups in total. The lowest BCUT2D eigenvalue weighted by atomic mass is 9.96. The van der Waals surface area contributed by atoms with Gasteiger partial charge in [0, 0.05) is 37.2 Å². The van der Waals surface area contributed by atoms with Crippen molar-refractivity contribution in [3.63, 3.8) is 0 Å². The van der Waals surface area contributed by atoms with Gasteiger partial charge in [0.25, 0.3) is 5.69 Å². The SMILES string of the molecule is Cc1ccc([N+](=O)[O-])cc1NC(=O)C1CCN(C(=O)NC2CC2)CC1. The summed E-state index contributed by atoms with van der Waals surface area (Å²) in [6, 6.07) is 4.70. The standard InChI is InChI=1S/C17H22N4O4/c1-11-2-5-14(21(24)25)10-15(11)19-16(22)12-6-8-20(9-7-12)17(23)18-13-3-4-13/h2,5,10,12-13H,3-4,6-9H2,1H3,(H,18,23)(H,19,22). The molecule has 0 aromatic heterocycles. The van der Waals surface area contributed by atoms with Gasteiger partial charge < -0.3 is 15.5 Å². The van der Waals surface area contributed by atoms with Crippen LogP contribution < -0.4 is 10.6 Å². The molecule has 3 amide bonds. The number of aryl methyl sites for hydroxylation is 1. The minimum atomic E-state index is -0.480. The van der Waals surface area contributed by atoms with Crippen LogP contribution in [0.2, 0.25) is 0 Å². The average Bonchev–Trinajstić information content (AvgIpc) is 3.40. The third-order valence-corrected chi connectivity index (χ3v) is 4.75. The van der Waals surface area contributed by atoms with Crippen LogP contribution in [-0.2, 0) is 4.79 Å². The molecular formula is C17H22N4O4. The number of nitrogens with one attached hydrogen (secondary N) is 2. The highest BCUT2D eigenvalue weighted by Gasteiger charge is 2.30. The monoisotopic (exact) mass is 346 g/mol. The van der Waals surface area contributed by atoms with E-state index < -0.39 is 4.92 Å². The third kappa shape index (κ3) is 4.26. The van der Waals surface area contributed by atoms with Gasteiger partial charge >= 0.3 is 6.03 Å². The number of benzene rings is 1. The lowest BCUT2D eigenvalue weighted by Gasteiger charge is -2.31. The van der Waals surface area contributed by atoms with Gasteiger partial charge in [0.1, 0.15) is 0 Å². The van der Waals surface area contributed by atoms with Crippen LogP contribution in [-0.4, -0.2) is 40.9 Å². The van der Waals surface area contributed by atoms with Crippen molar-refractivity contribution in [3.8, 4) is 0 Å². The van der Waals surface area contributed by atoms with Crippen LogP contribution in [0.5, 0.6) is 0 Å². The van der Waals surface area contributed by atoms with Crippen molar-refractivity contribution in [1.29, 1.82) is 0 Å². The second-order valence-corrected chi connectivity index (χ2v) is 6.73. The predicted molar refractivity (Wildman–Crippen MR) is 92.3 cm³/mol. The first-order valence-corrected chi connectivity index (χ1v) is 8.55. The largest absolute Gasteiger partial charge is 0.335 e. The Morgan fingerprint density at radius 3 is 2.48 bits per heavy atom. The molecule has 1 aromatic rings. The zero-order valence-electron chi connectivity index (χ0n) is 14.2. The van der Waals surface area contributed by atoms with Crippen LogP contribution in [0.4, 0.5) is 16.2 Å². The zero-order valence-corrected chi connectivity index (χ0v) is 14.2. The Kier molecular flexibility index (Phi) is 4.87. The lowest BCUT2D eigenvalue weighted by molar-refractivity contribution is -0.384. The second kappa shape index (κ2) is 7.08. The molecule has 2 aliphatic rings. The number of piperidine rings is 1. The van der Waals surface area contributed by atoms with Gasteiger partial charge in [-0.15, -0.1) is 0 Å². The molecule has 3 rings (SSSR count). The average molecular weight is 346 g/mol. The smallest absolute Gasteiger partial charge is 0.317 e. The zero-order chi connectivity index (χ0) is 18.0. The highest BCUT2D eigenvalue weighted by molar-refractivity contribution is 5.93. The van der Waals surface area contributed by atoms with Gasteiger partial charge in [0.15, 0.2) is 0 Å². The van der Waals surface area contributed by atoms with Crippen LogP contribution in [0.1, 0.15) is 31.2 Å². The Morgan fingerprint density at radius 1 is 1.20 bits per heavy atom. The maximum atomic E-state index is 12.5. The Bertz CT molecular complexity index is 694. The summed E-state index contributed by atoms with van der Waals surface area (Å²) in [5, 5.41) is 16.6. The van der Waals surface area contributed by atoms with E-state index in [1.807, 2.05) is 0 Å². The fourth-order valence-corrected chi connectivity index (χ4v) is 2.93. The summed E-state index contributed by atoms with van der Waals surface area (Å²) in [7, 11) is 0. The van der Waals surface area contributed by atoms with Crippen molar-refractivity contribution in [1.82, 2.24) is 10.2 Å². The van der Waals surface area contributed by atoms with Gasteiger partial charge in [0.05, 0.1) is 10.6 Å².